The van der Waals surface area contributed by atoms with Gasteiger partial charge in [0.15, 0.2) is 28.9 Å². The van der Waals surface area contributed by atoms with Crippen LogP contribution in [0, 0.1) is 67.5 Å². The summed E-state index contributed by atoms with van der Waals surface area (Å²) in [5, 5.41) is 0. The molecule has 5 unspecified atom stereocenters. The summed E-state index contributed by atoms with van der Waals surface area (Å²) in [6.07, 6.45) is 51.1. The third kappa shape index (κ3) is 32.9. The van der Waals surface area contributed by atoms with Crippen LogP contribution < -0.4 is 0 Å². The number of hydrogen-bond acceptors (Lipinski definition) is 7. The lowest BCUT2D eigenvalue weighted by molar-refractivity contribution is -0.118. The topological polar surface area (TPSA) is 119 Å². The van der Waals surface area contributed by atoms with E-state index in [1.807, 2.05) is 26.0 Å². The molecule has 0 N–H and O–H groups in total. The molecule has 562 valence electrons. The lowest BCUT2D eigenvalue weighted by Crippen LogP contribution is -2.28. The number of carbonyl (C=O) groups excluding carboxylic acids is 7. The molecule has 0 aromatic rings. The van der Waals surface area contributed by atoms with Crippen LogP contribution in [0.4, 0.5) is 0 Å². The van der Waals surface area contributed by atoms with E-state index in [0.29, 0.717) is 69.2 Å². The Morgan fingerprint density at radius 2 is 0.830 bits per heavy atom. The average Bonchev–Trinajstić information content (AvgIpc) is 0.872. The van der Waals surface area contributed by atoms with E-state index >= 15 is 0 Å². The van der Waals surface area contributed by atoms with E-state index in [1.54, 1.807) is 71.4 Å². The SMILES string of the molecule is C=C1CCCC(C)(C)C1/C=C/C(C)=O.CC(=O)/C(C)=C/C1C(C)=CCCC1(C)C.CC(=O)/C=C/C1=C(C)CCCC1(C)C.CC(=O)/C=C/C1C(C)=CCCC1(C)C.CC(=O)CCC1=C(C)CCCC1(C)C.CC(=O)CCC1C(C)=CCCC1(C)C.CCC(=O)/C=C/C1C(C)=CCCC1(C)C. The smallest absolute Gasteiger partial charge is 0.155 e. The Morgan fingerprint density at radius 1 is 0.440 bits per heavy atom. The molecule has 5 atom stereocenters. The van der Waals surface area contributed by atoms with Gasteiger partial charge in [0.25, 0.3) is 0 Å². The third-order valence-electron chi connectivity index (χ3n) is 23.2. The van der Waals surface area contributed by atoms with Crippen molar-refractivity contribution in [3.63, 3.8) is 0 Å². The molecule has 0 heterocycles. The zero-order valence-electron chi connectivity index (χ0n) is 69.5. The lowest BCUT2D eigenvalue weighted by Gasteiger charge is -2.38. The van der Waals surface area contributed by atoms with Crippen molar-refractivity contribution in [2.24, 2.45) is 67.5 Å². The first-order valence-electron chi connectivity index (χ1n) is 38.7. The van der Waals surface area contributed by atoms with E-state index in [4.69, 9.17) is 0 Å². The van der Waals surface area contributed by atoms with Crippen LogP contribution in [0.2, 0.25) is 0 Å². The zero-order valence-corrected chi connectivity index (χ0v) is 69.5. The second-order valence-electron chi connectivity index (χ2n) is 35.7. The predicted octanol–water partition coefficient (Wildman–Crippen LogP) is 26.1. The van der Waals surface area contributed by atoms with Crippen LogP contribution in [0.1, 0.15) is 335 Å². The van der Waals surface area contributed by atoms with Crippen LogP contribution in [-0.4, -0.2) is 40.5 Å². The maximum absolute atomic E-state index is 11.3. The molecule has 7 aliphatic carbocycles. The van der Waals surface area contributed by atoms with Crippen molar-refractivity contribution in [3.05, 3.63) is 141 Å². The molecule has 0 aliphatic heterocycles. The molecule has 0 radical (unpaired) electrons. The Balaban J connectivity index is 0.000000583. The van der Waals surface area contributed by atoms with Gasteiger partial charge in [-0.3, -0.25) is 24.0 Å². The maximum Gasteiger partial charge on any atom is 0.155 e. The predicted molar refractivity (Wildman–Crippen MR) is 430 cm³/mol. The fourth-order valence-electron chi connectivity index (χ4n) is 16.4. The first-order valence-corrected chi connectivity index (χ1v) is 38.7. The van der Waals surface area contributed by atoms with Crippen molar-refractivity contribution in [2.45, 2.75) is 335 Å². The molecule has 0 aromatic carbocycles. The van der Waals surface area contributed by atoms with Gasteiger partial charge in [0, 0.05) is 42.9 Å². The zero-order chi connectivity index (χ0) is 77.0. The van der Waals surface area contributed by atoms with E-state index in [0.717, 1.165) is 37.7 Å². The Kier molecular flexibility index (Phi) is 39.2. The van der Waals surface area contributed by atoms with Crippen LogP contribution in [0.25, 0.3) is 0 Å². The van der Waals surface area contributed by atoms with Crippen LogP contribution >= 0.6 is 0 Å². The minimum absolute atomic E-state index is 0.124. The van der Waals surface area contributed by atoms with Gasteiger partial charge in [0.2, 0.25) is 0 Å². The average molecular weight is 1380 g/mol. The molecule has 7 aliphatic rings. The van der Waals surface area contributed by atoms with E-state index in [9.17, 15) is 33.6 Å². The summed E-state index contributed by atoms with van der Waals surface area (Å²) in [6.45, 7) is 62.9. The van der Waals surface area contributed by atoms with Crippen molar-refractivity contribution < 1.29 is 33.6 Å². The fraction of sp³-hybridized carbons (Fsp3) is 0.667. The molecular formula is C93H148O7. The molecular weight excluding hydrogens is 1230 g/mol. The number of Topliss-reactive ketones (excluding diaryl/α,β-unsaturated/α-hetero) is 3. The number of allylic oxidation sites excluding steroid dienone is 23. The summed E-state index contributed by atoms with van der Waals surface area (Å²) >= 11 is 0. The lowest BCUT2D eigenvalue weighted by atomic mass is 9.67. The summed E-state index contributed by atoms with van der Waals surface area (Å²) < 4.78 is 0. The van der Waals surface area contributed by atoms with Gasteiger partial charge in [-0.1, -0.05) is 210 Å². The first-order chi connectivity index (χ1) is 46.0. The number of hydrogen-bond donors (Lipinski definition) is 0. The Morgan fingerprint density at radius 3 is 1.22 bits per heavy atom. The standard InChI is InChI=1S/2C14H22O.2C13H22O.3C13H20O/c1-10-7-6-8-14(4,5)13(10)9-11(2)12(3)15;1-5-12(15)8-9-13-11(2)7-6-10-14(13,3)4;5*1-10-6-5-9-13(3,4)12(10)8-7-11(2)14/h7,9,13H,6,8H2,1-5H3;7-9,13H,5-6,10H2,1-4H3;5-9H2,1-4H3;6,12H,5,7-9H2,1-4H3;7-8H,5-6,9H2,1-4H3;6-8,12H,5,9H2,1-4H3;7-8,12H,1,5-6,9H2,2-4H3/b11-9+;9-8+;;;3*8-7+. The van der Waals surface area contributed by atoms with Crippen LogP contribution in [0.3, 0.4) is 0 Å². The first kappa shape index (κ1) is 92.6. The van der Waals surface area contributed by atoms with Crippen molar-refractivity contribution in [1.29, 1.82) is 0 Å². The van der Waals surface area contributed by atoms with Gasteiger partial charge >= 0.3 is 0 Å². The highest BCUT2D eigenvalue weighted by atomic mass is 16.1. The molecule has 7 rings (SSSR count). The molecule has 0 spiro atoms. The quantitative estimate of drug-likeness (QED) is 0.105. The summed E-state index contributed by atoms with van der Waals surface area (Å²) in [5.74, 6) is 3.71. The Bertz CT molecular complexity index is 3130. The summed E-state index contributed by atoms with van der Waals surface area (Å²) in [7, 11) is 0. The molecule has 7 heteroatoms. The van der Waals surface area contributed by atoms with Crippen molar-refractivity contribution >= 4 is 40.5 Å². The molecule has 100 heavy (non-hydrogen) atoms. The highest BCUT2D eigenvalue weighted by Crippen LogP contribution is 2.48. The molecule has 1 saturated carbocycles. The Labute approximate surface area is 614 Å². The van der Waals surface area contributed by atoms with E-state index in [-0.39, 0.29) is 45.2 Å². The second-order valence-corrected chi connectivity index (χ2v) is 35.7. The molecule has 0 saturated heterocycles. The molecule has 0 bridgehead atoms. The van der Waals surface area contributed by atoms with Crippen LogP contribution in [-0.2, 0) is 33.6 Å². The second kappa shape index (κ2) is 42.4. The van der Waals surface area contributed by atoms with Gasteiger partial charge in [-0.15, -0.1) is 0 Å². The van der Waals surface area contributed by atoms with Gasteiger partial charge in [-0.2, -0.15) is 0 Å². The summed E-state index contributed by atoms with van der Waals surface area (Å²) in [5.41, 5.74) is 15.9. The molecule has 1 fully saturated rings. The minimum atomic E-state index is 0.124. The summed E-state index contributed by atoms with van der Waals surface area (Å²) in [6, 6.07) is 0. The fourth-order valence-corrected chi connectivity index (χ4v) is 16.4. The molecule has 7 nitrogen and oxygen atoms in total. The van der Waals surface area contributed by atoms with Crippen LogP contribution in [0.5, 0.6) is 0 Å². The van der Waals surface area contributed by atoms with E-state index in [1.165, 1.54) is 147 Å². The maximum atomic E-state index is 11.3. The van der Waals surface area contributed by atoms with E-state index < -0.39 is 0 Å². The third-order valence-corrected chi connectivity index (χ3v) is 23.2. The summed E-state index contributed by atoms with van der Waals surface area (Å²) in [4.78, 5) is 77.2. The van der Waals surface area contributed by atoms with Crippen molar-refractivity contribution in [2.75, 3.05) is 0 Å². The van der Waals surface area contributed by atoms with Gasteiger partial charge in [-0.05, 0) is 291 Å². The highest BCUT2D eigenvalue weighted by molar-refractivity contribution is 5.92. The van der Waals surface area contributed by atoms with E-state index in [2.05, 4.69) is 188 Å². The van der Waals surface area contributed by atoms with Gasteiger partial charge in [-0.25, -0.2) is 0 Å². The largest absolute Gasteiger partial charge is 0.300 e. The van der Waals surface area contributed by atoms with Crippen molar-refractivity contribution in [3.8, 4) is 0 Å². The minimum Gasteiger partial charge on any atom is -0.300 e. The highest BCUT2D eigenvalue weighted by Gasteiger charge is 2.36. The van der Waals surface area contributed by atoms with Crippen LogP contribution in [0.15, 0.2) is 141 Å². The Hall–Kier alpha value is -5.43. The molecule has 0 amide bonds. The number of ketones is 7. The van der Waals surface area contributed by atoms with Gasteiger partial charge in [0.1, 0.15) is 11.6 Å². The number of carbonyl (C=O) groups is 7. The van der Waals surface area contributed by atoms with Gasteiger partial charge < -0.3 is 9.59 Å². The number of rotatable bonds is 17. The monoisotopic (exact) mass is 1380 g/mol. The molecule has 0 aromatic heterocycles. The van der Waals surface area contributed by atoms with Gasteiger partial charge in [0.05, 0.1) is 0 Å². The van der Waals surface area contributed by atoms with Crippen molar-refractivity contribution in [1.82, 2.24) is 0 Å². The normalized spacial score (nSPS) is 24.7.